The van der Waals surface area contributed by atoms with Gasteiger partial charge in [0, 0.05) is 11.6 Å². The Balaban J connectivity index is 1.68. The van der Waals surface area contributed by atoms with Crippen LogP contribution in [0.3, 0.4) is 0 Å². The summed E-state index contributed by atoms with van der Waals surface area (Å²) in [6, 6.07) is 11.9. The Bertz CT molecular complexity index is 996. The number of hydrogen-bond acceptors (Lipinski definition) is 8. The third kappa shape index (κ3) is 4.43. The lowest BCUT2D eigenvalue weighted by molar-refractivity contribution is 0.0464. The summed E-state index contributed by atoms with van der Waals surface area (Å²) in [5.41, 5.74) is 1.57. The van der Waals surface area contributed by atoms with E-state index in [1.807, 2.05) is 6.07 Å². The third-order valence-electron chi connectivity index (χ3n) is 4.20. The highest BCUT2D eigenvalue weighted by atomic mass is 16.5. The van der Waals surface area contributed by atoms with Gasteiger partial charge in [0.25, 0.3) is 0 Å². The summed E-state index contributed by atoms with van der Waals surface area (Å²) in [6.45, 7) is -0.0377. The molecule has 1 aromatic heterocycles. The zero-order valence-corrected chi connectivity index (χ0v) is 16.6. The molecule has 0 saturated carbocycles. The van der Waals surface area contributed by atoms with E-state index in [-0.39, 0.29) is 6.61 Å². The predicted molar refractivity (Wildman–Crippen MR) is 104 cm³/mol. The van der Waals surface area contributed by atoms with Gasteiger partial charge in [-0.05, 0) is 36.4 Å². The van der Waals surface area contributed by atoms with Crippen LogP contribution in [-0.2, 0) is 11.3 Å². The van der Waals surface area contributed by atoms with Crippen molar-refractivity contribution in [2.45, 2.75) is 6.61 Å². The van der Waals surface area contributed by atoms with Crippen molar-refractivity contribution < 1.29 is 33.0 Å². The lowest BCUT2D eigenvalue weighted by Gasteiger charge is -2.09. The molecule has 0 saturated heterocycles. The van der Waals surface area contributed by atoms with E-state index in [1.54, 1.807) is 50.6 Å². The molecule has 152 valence electrons. The van der Waals surface area contributed by atoms with Crippen LogP contribution in [-0.4, -0.2) is 39.6 Å². The topological polar surface area (TPSA) is 89.3 Å². The molecule has 0 unspecified atom stereocenters. The van der Waals surface area contributed by atoms with Crippen molar-refractivity contribution in [1.29, 1.82) is 0 Å². The molecule has 0 fully saturated rings. The van der Waals surface area contributed by atoms with Gasteiger partial charge in [-0.1, -0.05) is 5.16 Å². The van der Waals surface area contributed by atoms with Crippen molar-refractivity contribution in [1.82, 2.24) is 5.16 Å². The molecule has 0 aliphatic rings. The van der Waals surface area contributed by atoms with Crippen LogP contribution in [0.5, 0.6) is 23.0 Å². The van der Waals surface area contributed by atoms with Crippen LogP contribution in [0.2, 0.25) is 0 Å². The number of methoxy groups -OCH3 is 4. The monoisotopic (exact) mass is 399 g/mol. The molecule has 0 aliphatic heterocycles. The first kappa shape index (κ1) is 20.1. The second-order valence-electron chi connectivity index (χ2n) is 5.90. The van der Waals surface area contributed by atoms with Crippen molar-refractivity contribution in [3.63, 3.8) is 0 Å². The fraction of sp³-hybridized carbons (Fsp3) is 0.238. The van der Waals surface area contributed by atoms with Gasteiger partial charge in [-0.15, -0.1) is 0 Å². The molecule has 8 heteroatoms. The van der Waals surface area contributed by atoms with E-state index in [0.29, 0.717) is 40.0 Å². The number of aromatic nitrogens is 1. The molecule has 0 bridgehead atoms. The van der Waals surface area contributed by atoms with E-state index in [1.165, 1.54) is 14.2 Å². The minimum absolute atomic E-state index is 0.0377. The number of benzene rings is 2. The summed E-state index contributed by atoms with van der Waals surface area (Å²) in [6.07, 6.45) is 0. The van der Waals surface area contributed by atoms with Gasteiger partial charge in [0.15, 0.2) is 28.8 Å². The number of ether oxygens (including phenoxy) is 5. The molecule has 1 heterocycles. The van der Waals surface area contributed by atoms with Crippen LogP contribution >= 0.6 is 0 Å². The van der Waals surface area contributed by atoms with E-state index in [9.17, 15) is 4.79 Å². The standard InChI is InChI=1S/C21H21NO7/c1-24-16-7-5-13(9-19(16)26-3)18-11-15(22-29-18)12-28-21(23)14-6-8-17(25-2)20(10-14)27-4/h5-11H,12H2,1-4H3. The molecular weight excluding hydrogens is 378 g/mol. The molecule has 3 aromatic rings. The van der Waals surface area contributed by atoms with Crippen molar-refractivity contribution in [2.75, 3.05) is 28.4 Å². The molecular formula is C21H21NO7. The molecule has 0 amide bonds. The zero-order valence-electron chi connectivity index (χ0n) is 16.6. The van der Waals surface area contributed by atoms with Gasteiger partial charge in [-0.3, -0.25) is 0 Å². The first-order chi connectivity index (χ1) is 14.1. The molecule has 8 nitrogen and oxygen atoms in total. The number of carbonyl (C=O) groups is 1. The van der Waals surface area contributed by atoms with Gasteiger partial charge < -0.3 is 28.2 Å². The molecule has 3 rings (SSSR count). The van der Waals surface area contributed by atoms with Gasteiger partial charge in [0.2, 0.25) is 0 Å². The Morgan fingerprint density at radius 1 is 0.828 bits per heavy atom. The fourth-order valence-electron chi connectivity index (χ4n) is 2.69. The Morgan fingerprint density at radius 2 is 1.45 bits per heavy atom. The Hall–Kier alpha value is -3.68. The lowest BCUT2D eigenvalue weighted by Crippen LogP contribution is -2.06. The largest absolute Gasteiger partial charge is 0.493 e. The average molecular weight is 399 g/mol. The van der Waals surface area contributed by atoms with Crippen molar-refractivity contribution >= 4 is 5.97 Å². The molecule has 29 heavy (non-hydrogen) atoms. The lowest BCUT2D eigenvalue weighted by atomic mass is 10.1. The number of carbonyl (C=O) groups excluding carboxylic acids is 1. The van der Waals surface area contributed by atoms with E-state index >= 15 is 0 Å². The fourth-order valence-corrected chi connectivity index (χ4v) is 2.69. The number of rotatable bonds is 8. The van der Waals surface area contributed by atoms with Crippen LogP contribution in [0.15, 0.2) is 47.0 Å². The second-order valence-corrected chi connectivity index (χ2v) is 5.90. The minimum Gasteiger partial charge on any atom is -0.493 e. The van der Waals surface area contributed by atoms with Gasteiger partial charge in [0.1, 0.15) is 12.3 Å². The minimum atomic E-state index is -0.512. The number of esters is 1. The normalized spacial score (nSPS) is 10.3. The molecule has 0 atom stereocenters. The van der Waals surface area contributed by atoms with Gasteiger partial charge in [-0.2, -0.15) is 0 Å². The summed E-state index contributed by atoms with van der Waals surface area (Å²) in [5.74, 6) is 2.16. The van der Waals surface area contributed by atoms with E-state index in [2.05, 4.69) is 5.16 Å². The maximum Gasteiger partial charge on any atom is 0.338 e. The first-order valence-electron chi connectivity index (χ1n) is 8.66. The second kappa shape index (κ2) is 9.01. The SMILES string of the molecule is COc1ccc(C(=O)OCc2cc(-c3ccc(OC)c(OC)c3)on2)cc1OC. The highest BCUT2D eigenvalue weighted by Crippen LogP contribution is 2.32. The number of nitrogens with zero attached hydrogens (tertiary/aromatic N) is 1. The Morgan fingerprint density at radius 3 is 2.10 bits per heavy atom. The summed E-state index contributed by atoms with van der Waals surface area (Å²) >= 11 is 0. The van der Waals surface area contributed by atoms with Crippen molar-refractivity contribution in [3.8, 4) is 34.3 Å². The van der Waals surface area contributed by atoms with Crippen LogP contribution in [0.25, 0.3) is 11.3 Å². The Labute approximate surface area is 167 Å². The molecule has 0 radical (unpaired) electrons. The summed E-state index contributed by atoms with van der Waals surface area (Å²) in [5, 5.41) is 3.95. The molecule has 0 aliphatic carbocycles. The van der Waals surface area contributed by atoms with Gasteiger partial charge in [-0.25, -0.2) is 4.79 Å². The van der Waals surface area contributed by atoms with Crippen molar-refractivity contribution in [3.05, 3.63) is 53.7 Å². The zero-order chi connectivity index (χ0) is 20.8. The smallest absolute Gasteiger partial charge is 0.338 e. The van der Waals surface area contributed by atoms with E-state index < -0.39 is 5.97 Å². The van der Waals surface area contributed by atoms with E-state index in [4.69, 9.17) is 28.2 Å². The maximum absolute atomic E-state index is 12.3. The predicted octanol–water partition coefficient (Wildman–Crippen LogP) is 3.73. The highest BCUT2D eigenvalue weighted by molar-refractivity contribution is 5.90. The van der Waals surface area contributed by atoms with Crippen LogP contribution < -0.4 is 18.9 Å². The quantitative estimate of drug-likeness (QED) is 0.529. The third-order valence-corrected chi connectivity index (χ3v) is 4.20. The van der Waals surface area contributed by atoms with Gasteiger partial charge in [0.05, 0.1) is 34.0 Å². The summed E-state index contributed by atoms with van der Waals surface area (Å²) in [4.78, 5) is 12.3. The van der Waals surface area contributed by atoms with Crippen LogP contribution in [0, 0.1) is 0 Å². The average Bonchev–Trinajstić information content (AvgIpc) is 3.25. The van der Waals surface area contributed by atoms with Crippen molar-refractivity contribution in [2.24, 2.45) is 0 Å². The first-order valence-corrected chi connectivity index (χ1v) is 8.66. The highest BCUT2D eigenvalue weighted by Gasteiger charge is 2.15. The summed E-state index contributed by atoms with van der Waals surface area (Å²) < 4.78 is 31.5. The molecule has 0 N–H and O–H groups in total. The van der Waals surface area contributed by atoms with Crippen LogP contribution in [0.4, 0.5) is 0 Å². The van der Waals surface area contributed by atoms with E-state index in [0.717, 1.165) is 5.56 Å². The van der Waals surface area contributed by atoms with Crippen LogP contribution in [0.1, 0.15) is 16.1 Å². The van der Waals surface area contributed by atoms with Gasteiger partial charge >= 0.3 is 5.97 Å². The number of hydrogen-bond donors (Lipinski definition) is 0. The maximum atomic E-state index is 12.3. The molecule has 2 aromatic carbocycles. The Kier molecular flexibility index (Phi) is 6.23. The molecule has 0 spiro atoms. The summed E-state index contributed by atoms with van der Waals surface area (Å²) in [7, 11) is 6.15.